The van der Waals surface area contributed by atoms with E-state index in [1.807, 2.05) is 0 Å². The first kappa shape index (κ1) is 14.3. The van der Waals surface area contributed by atoms with Crippen molar-refractivity contribution in [3.05, 3.63) is 64.7 Å². The highest BCUT2D eigenvalue weighted by atomic mass is 19.2. The van der Waals surface area contributed by atoms with Crippen molar-refractivity contribution < 1.29 is 22.3 Å². The van der Waals surface area contributed by atoms with E-state index in [-0.39, 0.29) is 16.9 Å². The Hall–Kier alpha value is -2.08. The standard InChI is InChI=1S/C14H11F4NO/c1-20-11-5-2-7(15)6-9(11)14(19)8-3-4-10(16)13(18)12(8)17/h2-6,14H,19H2,1H3. The van der Waals surface area contributed by atoms with Crippen molar-refractivity contribution in [1.29, 1.82) is 0 Å². The lowest BCUT2D eigenvalue weighted by Gasteiger charge is -2.17. The van der Waals surface area contributed by atoms with Crippen molar-refractivity contribution in [2.24, 2.45) is 5.73 Å². The van der Waals surface area contributed by atoms with Gasteiger partial charge in [0.25, 0.3) is 0 Å². The zero-order valence-corrected chi connectivity index (χ0v) is 10.5. The third-order valence-corrected chi connectivity index (χ3v) is 2.93. The average molecular weight is 285 g/mol. The summed E-state index contributed by atoms with van der Waals surface area (Å²) >= 11 is 0. The molecule has 0 radical (unpaired) electrons. The molecule has 2 nitrogen and oxygen atoms in total. The van der Waals surface area contributed by atoms with E-state index in [2.05, 4.69) is 0 Å². The third-order valence-electron chi connectivity index (χ3n) is 2.93. The first-order valence-corrected chi connectivity index (χ1v) is 5.68. The highest BCUT2D eigenvalue weighted by Crippen LogP contribution is 2.31. The molecule has 2 N–H and O–H groups in total. The molecule has 0 amide bonds. The first-order valence-electron chi connectivity index (χ1n) is 5.68. The predicted molar refractivity (Wildman–Crippen MR) is 65.3 cm³/mol. The van der Waals surface area contributed by atoms with Crippen LogP contribution in [0.4, 0.5) is 17.6 Å². The van der Waals surface area contributed by atoms with Crippen LogP contribution in [0, 0.1) is 23.3 Å². The van der Waals surface area contributed by atoms with Gasteiger partial charge in [0.1, 0.15) is 11.6 Å². The minimum Gasteiger partial charge on any atom is -0.496 e. The Morgan fingerprint density at radius 2 is 1.65 bits per heavy atom. The molecule has 2 aromatic rings. The number of hydrogen-bond donors (Lipinski definition) is 1. The van der Waals surface area contributed by atoms with E-state index in [1.165, 1.54) is 13.2 Å². The van der Waals surface area contributed by atoms with Crippen molar-refractivity contribution in [1.82, 2.24) is 0 Å². The quantitative estimate of drug-likeness (QED) is 0.693. The molecule has 2 rings (SSSR count). The molecule has 0 heterocycles. The molecule has 0 aliphatic heterocycles. The summed E-state index contributed by atoms with van der Waals surface area (Å²) in [6.07, 6.45) is 0. The molecule has 1 unspecified atom stereocenters. The normalized spacial score (nSPS) is 12.3. The number of rotatable bonds is 3. The molecule has 20 heavy (non-hydrogen) atoms. The van der Waals surface area contributed by atoms with Gasteiger partial charge in [0.05, 0.1) is 13.2 Å². The predicted octanol–water partition coefficient (Wildman–Crippen LogP) is 3.30. The lowest BCUT2D eigenvalue weighted by molar-refractivity contribution is 0.404. The van der Waals surface area contributed by atoms with Crippen LogP contribution in [0.1, 0.15) is 17.2 Å². The van der Waals surface area contributed by atoms with Crippen molar-refractivity contribution in [2.75, 3.05) is 7.11 Å². The molecular formula is C14H11F4NO. The smallest absolute Gasteiger partial charge is 0.194 e. The maximum atomic E-state index is 13.7. The van der Waals surface area contributed by atoms with E-state index in [4.69, 9.17) is 10.5 Å². The largest absolute Gasteiger partial charge is 0.496 e. The molecule has 0 fully saturated rings. The van der Waals surface area contributed by atoms with E-state index in [9.17, 15) is 17.6 Å². The minimum atomic E-state index is -1.62. The van der Waals surface area contributed by atoms with Crippen molar-refractivity contribution >= 4 is 0 Å². The summed E-state index contributed by atoms with van der Waals surface area (Å²) in [6, 6.07) is 4.13. The van der Waals surface area contributed by atoms with Gasteiger partial charge in [0.15, 0.2) is 17.5 Å². The van der Waals surface area contributed by atoms with E-state index < -0.39 is 29.3 Å². The topological polar surface area (TPSA) is 35.2 Å². The van der Waals surface area contributed by atoms with E-state index >= 15 is 0 Å². The zero-order valence-electron chi connectivity index (χ0n) is 10.5. The van der Waals surface area contributed by atoms with Gasteiger partial charge in [-0.25, -0.2) is 17.6 Å². The zero-order chi connectivity index (χ0) is 14.9. The molecule has 0 aliphatic carbocycles. The first-order chi connectivity index (χ1) is 9.45. The summed E-state index contributed by atoms with van der Waals surface area (Å²) in [5.41, 5.74) is 5.66. The second-order valence-electron chi connectivity index (χ2n) is 4.13. The van der Waals surface area contributed by atoms with Crippen molar-refractivity contribution in [3.63, 3.8) is 0 Å². The van der Waals surface area contributed by atoms with Gasteiger partial charge in [0.2, 0.25) is 0 Å². The van der Waals surface area contributed by atoms with Crippen LogP contribution >= 0.6 is 0 Å². The van der Waals surface area contributed by atoms with Crippen LogP contribution < -0.4 is 10.5 Å². The van der Waals surface area contributed by atoms with Gasteiger partial charge in [0, 0.05) is 11.1 Å². The van der Waals surface area contributed by atoms with Gasteiger partial charge in [-0.3, -0.25) is 0 Å². The number of methoxy groups -OCH3 is 1. The summed E-state index contributed by atoms with van der Waals surface area (Å²) in [4.78, 5) is 0. The second-order valence-corrected chi connectivity index (χ2v) is 4.13. The summed E-state index contributed by atoms with van der Waals surface area (Å²) in [5.74, 6) is -4.70. The number of hydrogen-bond acceptors (Lipinski definition) is 2. The molecule has 0 saturated carbocycles. The van der Waals surface area contributed by atoms with Gasteiger partial charge in [-0.15, -0.1) is 0 Å². The Labute approximate surface area is 112 Å². The maximum absolute atomic E-state index is 13.7. The fourth-order valence-corrected chi connectivity index (χ4v) is 1.90. The average Bonchev–Trinajstić information content (AvgIpc) is 2.44. The number of ether oxygens (including phenoxy) is 1. The highest BCUT2D eigenvalue weighted by molar-refractivity contribution is 5.42. The Morgan fingerprint density at radius 3 is 2.30 bits per heavy atom. The molecule has 0 aromatic heterocycles. The van der Waals surface area contributed by atoms with Gasteiger partial charge in [-0.2, -0.15) is 0 Å². The second kappa shape index (κ2) is 5.50. The summed E-state index contributed by atoms with van der Waals surface area (Å²) in [5, 5.41) is 0. The van der Waals surface area contributed by atoms with Gasteiger partial charge in [-0.05, 0) is 24.3 Å². The Morgan fingerprint density at radius 1 is 0.950 bits per heavy atom. The van der Waals surface area contributed by atoms with Gasteiger partial charge in [-0.1, -0.05) is 6.07 Å². The van der Waals surface area contributed by atoms with E-state index in [0.29, 0.717) is 0 Å². The van der Waals surface area contributed by atoms with Crippen molar-refractivity contribution in [3.8, 4) is 5.75 Å². The molecule has 6 heteroatoms. The highest BCUT2D eigenvalue weighted by Gasteiger charge is 2.22. The van der Waals surface area contributed by atoms with Crippen LogP contribution in [0.25, 0.3) is 0 Å². The molecule has 0 aliphatic rings. The van der Waals surface area contributed by atoms with Crippen molar-refractivity contribution in [2.45, 2.75) is 6.04 Å². The monoisotopic (exact) mass is 285 g/mol. The SMILES string of the molecule is COc1ccc(F)cc1C(N)c1ccc(F)c(F)c1F. The Balaban J connectivity index is 2.54. The summed E-state index contributed by atoms with van der Waals surface area (Å²) in [7, 11) is 1.34. The van der Waals surface area contributed by atoms with Crippen LogP contribution in [-0.4, -0.2) is 7.11 Å². The van der Waals surface area contributed by atoms with Gasteiger partial charge < -0.3 is 10.5 Å². The molecule has 0 spiro atoms. The summed E-state index contributed by atoms with van der Waals surface area (Å²) in [6.45, 7) is 0. The lowest BCUT2D eigenvalue weighted by Crippen LogP contribution is -2.16. The molecule has 2 aromatic carbocycles. The number of benzene rings is 2. The summed E-state index contributed by atoms with van der Waals surface area (Å²) < 4.78 is 58.1. The van der Waals surface area contributed by atoms with Crippen LogP contribution in [0.2, 0.25) is 0 Å². The Kier molecular flexibility index (Phi) is 3.94. The third kappa shape index (κ3) is 2.46. The minimum absolute atomic E-state index is 0.136. The van der Waals surface area contributed by atoms with Crippen LogP contribution in [0.3, 0.4) is 0 Å². The van der Waals surface area contributed by atoms with Crippen LogP contribution in [0.15, 0.2) is 30.3 Å². The molecule has 0 saturated heterocycles. The molecule has 0 bridgehead atoms. The van der Waals surface area contributed by atoms with Gasteiger partial charge >= 0.3 is 0 Å². The van der Waals surface area contributed by atoms with E-state index in [0.717, 1.165) is 24.3 Å². The fraction of sp³-hybridized carbons (Fsp3) is 0.143. The molecule has 106 valence electrons. The maximum Gasteiger partial charge on any atom is 0.194 e. The Bertz CT molecular complexity index is 645. The molecular weight excluding hydrogens is 274 g/mol. The molecule has 1 atom stereocenters. The number of halogens is 4. The lowest BCUT2D eigenvalue weighted by atomic mass is 9.98. The van der Waals surface area contributed by atoms with Crippen LogP contribution in [0.5, 0.6) is 5.75 Å². The van der Waals surface area contributed by atoms with Crippen LogP contribution in [-0.2, 0) is 0 Å². The fourth-order valence-electron chi connectivity index (χ4n) is 1.90. The number of nitrogens with two attached hydrogens (primary N) is 1. The van der Waals surface area contributed by atoms with E-state index in [1.54, 1.807) is 0 Å².